The average molecular weight is 332 g/mol. The summed E-state index contributed by atoms with van der Waals surface area (Å²) in [5.74, 6) is 2.26. The highest BCUT2D eigenvalue weighted by Crippen LogP contribution is 2.29. The fourth-order valence-corrected chi connectivity index (χ4v) is 1.94. The number of hydrogen-bond acceptors (Lipinski definition) is 6. The molecule has 0 unspecified atom stereocenters. The molecule has 0 atom stereocenters. The van der Waals surface area contributed by atoms with Gasteiger partial charge in [-0.1, -0.05) is 6.07 Å². The van der Waals surface area contributed by atoms with Crippen molar-refractivity contribution in [2.45, 2.75) is 0 Å². The van der Waals surface area contributed by atoms with Crippen LogP contribution in [0.5, 0.6) is 23.0 Å². The summed E-state index contributed by atoms with van der Waals surface area (Å²) < 4.78 is 19.9. The van der Waals surface area contributed by atoms with E-state index >= 15 is 0 Å². The topological polar surface area (TPSA) is 71.1 Å². The molecule has 6 nitrogen and oxygen atoms in total. The summed E-state index contributed by atoms with van der Waals surface area (Å²) in [6.07, 6.45) is 1.47. The summed E-state index contributed by atoms with van der Waals surface area (Å²) in [7, 11) is 6.11. The molecule has 0 amide bonds. The van der Waals surface area contributed by atoms with Gasteiger partial charge in [0.25, 0.3) is 0 Å². The maximum Gasteiger partial charge on any atom is 0.171 e. The molecule has 0 N–H and O–H groups in total. The maximum absolute atomic E-state index is 10.5. The van der Waals surface area contributed by atoms with E-state index in [0.717, 1.165) is 12.6 Å². The van der Waals surface area contributed by atoms with Crippen molar-refractivity contribution in [1.29, 1.82) is 0 Å². The quantitative estimate of drug-likeness (QED) is 0.757. The number of benzene rings is 2. The SMILES string of the molecule is COc1ccc(OC)c(C=O)c1.COc1cccc(C=O)c1OC. The molecule has 0 aliphatic carbocycles. The Kier molecular flexibility index (Phi) is 7.84. The highest BCUT2D eigenvalue weighted by Gasteiger charge is 2.07. The van der Waals surface area contributed by atoms with Gasteiger partial charge < -0.3 is 18.9 Å². The molecular formula is C18H20O6. The van der Waals surface area contributed by atoms with Gasteiger partial charge in [0.05, 0.1) is 39.6 Å². The Morgan fingerprint density at radius 1 is 0.708 bits per heavy atom. The molecular weight excluding hydrogens is 312 g/mol. The van der Waals surface area contributed by atoms with Crippen molar-refractivity contribution < 1.29 is 28.5 Å². The minimum absolute atomic E-state index is 0.481. The summed E-state index contributed by atoms with van der Waals surface area (Å²) in [6, 6.07) is 10.2. The van der Waals surface area contributed by atoms with E-state index in [1.165, 1.54) is 21.3 Å². The van der Waals surface area contributed by atoms with Crippen molar-refractivity contribution in [3.8, 4) is 23.0 Å². The lowest BCUT2D eigenvalue weighted by atomic mass is 10.2. The zero-order valence-electron chi connectivity index (χ0n) is 14.1. The Labute approximate surface area is 140 Å². The van der Waals surface area contributed by atoms with Crippen molar-refractivity contribution in [3.05, 3.63) is 47.5 Å². The normalized spacial score (nSPS) is 9.17. The van der Waals surface area contributed by atoms with Gasteiger partial charge in [0.1, 0.15) is 11.5 Å². The van der Waals surface area contributed by atoms with Crippen LogP contribution >= 0.6 is 0 Å². The average Bonchev–Trinajstić information content (AvgIpc) is 2.66. The zero-order valence-corrected chi connectivity index (χ0v) is 14.1. The van der Waals surface area contributed by atoms with Gasteiger partial charge in [-0.15, -0.1) is 0 Å². The number of para-hydroxylation sites is 1. The van der Waals surface area contributed by atoms with Crippen LogP contribution in [0.15, 0.2) is 36.4 Å². The lowest BCUT2D eigenvalue weighted by Gasteiger charge is -2.07. The van der Waals surface area contributed by atoms with E-state index in [4.69, 9.17) is 18.9 Å². The zero-order chi connectivity index (χ0) is 17.9. The van der Waals surface area contributed by atoms with Gasteiger partial charge in [0, 0.05) is 0 Å². The molecule has 24 heavy (non-hydrogen) atoms. The van der Waals surface area contributed by atoms with Crippen LogP contribution in [0, 0.1) is 0 Å². The van der Waals surface area contributed by atoms with E-state index in [9.17, 15) is 9.59 Å². The summed E-state index contributed by atoms with van der Waals surface area (Å²) in [4.78, 5) is 21.0. The first-order valence-corrected chi connectivity index (χ1v) is 6.98. The molecule has 0 saturated carbocycles. The number of methoxy groups -OCH3 is 4. The van der Waals surface area contributed by atoms with Crippen LogP contribution in [0.3, 0.4) is 0 Å². The van der Waals surface area contributed by atoms with Gasteiger partial charge >= 0.3 is 0 Å². The molecule has 0 aliphatic rings. The van der Waals surface area contributed by atoms with Crippen LogP contribution in [0.2, 0.25) is 0 Å². The number of aldehydes is 2. The molecule has 2 aromatic rings. The van der Waals surface area contributed by atoms with Crippen LogP contribution in [-0.2, 0) is 0 Å². The van der Waals surface area contributed by atoms with E-state index < -0.39 is 0 Å². The molecule has 2 rings (SSSR count). The van der Waals surface area contributed by atoms with E-state index in [0.29, 0.717) is 34.1 Å². The smallest absolute Gasteiger partial charge is 0.171 e. The molecule has 0 heterocycles. The monoisotopic (exact) mass is 332 g/mol. The first-order chi connectivity index (χ1) is 11.6. The minimum Gasteiger partial charge on any atom is -0.497 e. The second kappa shape index (κ2) is 9.89. The molecule has 0 fully saturated rings. The summed E-state index contributed by atoms with van der Waals surface area (Å²) in [6.45, 7) is 0. The third-order valence-corrected chi connectivity index (χ3v) is 3.12. The lowest BCUT2D eigenvalue weighted by molar-refractivity contribution is 0.111. The van der Waals surface area contributed by atoms with Gasteiger partial charge in [-0.25, -0.2) is 0 Å². The van der Waals surface area contributed by atoms with Crippen molar-refractivity contribution in [2.24, 2.45) is 0 Å². The van der Waals surface area contributed by atoms with E-state index in [1.54, 1.807) is 43.5 Å². The van der Waals surface area contributed by atoms with Crippen molar-refractivity contribution >= 4 is 12.6 Å². The number of carbonyl (C=O) groups excluding carboxylic acids is 2. The molecule has 0 saturated heterocycles. The Bertz CT molecular complexity index is 675. The summed E-state index contributed by atoms with van der Waals surface area (Å²) >= 11 is 0. The van der Waals surface area contributed by atoms with Crippen molar-refractivity contribution in [1.82, 2.24) is 0 Å². The molecule has 0 aromatic heterocycles. The second-order valence-electron chi connectivity index (χ2n) is 4.43. The Morgan fingerprint density at radius 3 is 1.88 bits per heavy atom. The Morgan fingerprint density at radius 2 is 1.38 bits per heavy atom. The van der Waals surface area contributed by atoms with Crippen LogP contribution in [0.1, 0.15) is 20.7 Å². The van der Waals surface area contributed by atoms with Crippen LogP contribution < -0.4 is 18.9 Å². The largest absolute Gasteiger partial charge is 0.497 e. The highest BCUT2D eigenvalue weighted by molar-refractivity contribution is 5.81. The first-order valence-electron chi connectivity index (χ1n) is 6.98. The molecule has 0 bridgehead atoms. The predicted molar refractivity (Wildman–Crippen MR) is 89.9 cm³/mol. The maximum atomic E-state index is 10.5. The fraction of sp³-hybridized carbons (Fsp3) is 0.222. The van der Waals surface area contributed by atoms with E-state index in [2.05, 4.69) is 0 Å². The number of rotatable bonds is 6. The van der Waals surface area contributed by atoms with E-state index in [1.807, 2.05) is 0 Å². The van der Waals surface area contributed by atoms with Gasteiger partial charge in [0.15, 0.2) is 24.1 Å². The minimum atomic E-state index is 0.481. The van der Waals surface area contributed by atoms with E-state index in [-0.39, 0.29) is 0 Å². The van der Waals surface area contributed by atoms with Crippen molar-refractivity contribution in [2.75, 3.05) is 28.4 Å². The third-order valence-electron chi connectivity index (χ3n) is 3.12. The first kappa shape index (κ1) is 19.0. The standard InChI is InChI=1S/2C9H10O3/c1-11-8-3-4-9(12-2)7(5-8)6-10;1-11-8-5-3-4-7(6-10)9(8)12-2/h2*3-6H,1-2H3. The van der Waals surface area contributed by atoms with Gasteiger partial charge in [-0.3, -0.25) is 9.59 Å². The summed E-state index contributed by atoms with van der Waals surface area (Å²) in [5.41, 5.74) is 0.994. The highest BCUT2D eigenvalue weighted by atomic mass is 16.5. The lowest BCUT2D eigenvalue weighted by Crippen LogP contribution is -1.94. The second-order valence-corrected chi connectivity index (χ2v) is 4.43. The predicted octanol–water partition coefficient (Wildman–Crippen LogP) is 3.03. The summed E-state index contributed by atoms with van der Waals surface area (Å²) in [5, 5.41) is 0. The molecule has 0 radical (unpaired) electrons. The van der Waals surface area contributed by atoms with Crippen molar-refractivity contribution in [3.63, 3.8) is 0 Å². The molecule has 0 spiro atoms. The molecule has 2 aromatic carbocycles. The Balaban J connectivity index is 0.000000240. The molecule has 0 aliphatic heterocycles. The van der Waals surface area contributed by atoms with Crippen LogP contribution in [0.4, 0.5) is 0 Å². The fourth-order valence-electron chi connectivity index (χ4n) is 1.94. The third kappa shape index (κ3) is 4.74. The van der Waals surface area contributed by atoms with Gasteiger partial charge in [0.2, 0.25) is 0 Å². The number of hydrogen-bond donors (Lipinski definition) is 0. The van der Waals surface area contributed by atoms with Crippen LogP contribution in [0.25, 0.3) is 0 Å². The van der Waals surface area contributed by atoms with Gasteiger partial charge in [-0.05, 0) is 30.3 Å². The number of carbonyl (C=O) groups is 2. The molecule has 128 valence electrons. The number of ether oxygens (including phenoxy) is 4. The molecule has 6 heteroatoms. The Hall–Kier alpha value is -3.02. The van der Waals surface area contributed by atoms with Crippen LogP contribution in [-0.4, -0.2) is 41.0 Å². The van der Waals surface area contributed by atoms with Gasteiger partial charge in [-0.2, -0.15) is 0 Å².